The van der Waals surface area contributed by atoms with Gasteiger partial charge in [0.2, 0.25) is 0 Å². The Balaban J connectivity index is 2.04. The molecule has 0 aromatic carbocycles. The number of ether oxygens (including phenoxy) is 2. The Kier molecular flexibility index (Phi) is 1.66. The second-order valence-electron chi connectivity index (χ2n) is 3.20. The SMILES string of the molecule is O=C(O)C1=CCC2(COC2)OC1. The predicted octanol–water partition coefficient (Wildman–Crippen LogP) is 0.187. The first-order valence-corrected chi connectivity index (χ1v) is 3.86. The summed E-state index contributed by atoms with van der Waals surface area (Å²) >= 11 is 0. The Morgan fingerprint density at radius 2 is 2.33 bits per heavy atom. The van der Waals surface area contributed by atoms with E-state index in [4.69, 9.17) is 14.6 Å². The van der Waals surface area contributed by atoms with Crippen molar-refractivity contribution in [1.29, 1.82) is 0 Å². The van der Waals surface area contributed by atoms with Crippen molar-refractivity contribution in [3.8, 4) is 0 Å². The molecule has 2 rings (SSSR count). The van der Waals surface area contributed by atoms with Crippen LogP contribution in [-0.4, -0.2) is 36.5 Å². The van der Waals surface area contributed by atoms with Gasteiger partial charge in [-0.2, -0.15) is 0 Å². The minimum atomic E-state index is -0.884. The van der Waals surface area contributed by atoms with Crippen LogP contribution < -0.4 is 0 Å². The molecule has 0 aromatic rings. The van der Waals surface area contributed by atoms with Crippen molar-refractivity contribution < 1.29 is 19.4 Å². The van der Waals surface area contributed by atoms with Crippen molar-refractivity contribution in [2.45, 2.75) is 12.0 Å². The van der Waals surface area contributed by atoms with Gasteiger partial charge in [-0.3, -0.25) is 0 Å². The van der Waals surface area contributed by atoms with Crippen LogP contribution in [0.15, 0.2) is 11.6 Å². The first-order valence-electron chi connectivity index (χ1n) is 3.86. The summed E-state index contributed by atoms with van der Waals surface area (Å²) in [7, 11) is 0. The predicted molar refractivity (Wildman–Crippen MR) is 39.8 cm³/mol. The van der Waals surface area contributed by atoms with E-state index >= 15 is 0 Å². The lowest BCUT2D eigenvalue weighted by Gasteiger charge is -2.42. The zero-order valence-corrected chi connectivity index (χ0v) is 6.58. The quantitative estimate of drug-likeness (QED) is 0.610. The average molecular weight is 170 g/mol. The molecule has 0 radical (unpaired) electrons. The van der Waals surface area contributed by atoms with Gasteiger partial charge in [0.25, 0.3) is 0 Å². The molecule has 12 heavy (non-hydrogen) atoms. The summed E-state index contributed by atoms with van der Waals surface area (Å²) in [4.78, 5) is 10.5. The Bertz CT molecular complexity index is 239. The van der Waals surface area contributed by atoms with E-state index in [1.165, 1.54) is 0 Å². The van der Waals surface area contributed by atoms with Gasteiger partial charge in [-0.15, -0.1) is 0 Å². The number of carboxylic acids is 1. The third kappa shape index (κ3) is 1.13. The molecule has 2 aliphatic heterocycles. The van der Waals surface area contributed by atoms with Gasteiger partial charge in [0.1, 0.15) is 5.60 Å². The van der Waals surface area contributed by atoms with Crippen molar-refractivity contribution in [1.82, 2.24) is 0 Å². The fraction of sp³-hybridized carbons (Fsp3) is 0.625. The van der Waals surface area contributed by atoms with Crippen molar-refractivity contribution in [3.05, 3.63) is 11.6 Å². The summed E-state index contributed by atoms with van der Waals surface area (Å²) < 4.78 is 10.4. The van der Waals surface area contributed by atoms with Crippen molar-refractivity contribution in [3.63, 3.8) is 0 Å². The van der Waals surface area contributed by atoms with Crippen LogP contribution in [0.1, 0.15) is 6.42 Å². The van der Waals surface area contributed by atoms with Crippen LogP contribution in [0, 0.1) is 0 Å². The van der Waals surface area contributed by atoms with E-state index in [1.54, 1.807) is 6.08 Å². The third-order valence-corrected chi connectivity index (χ3v) is 2.26. The van der Waals surface area contributed by atoms with Gasteiger partial charge in [-0.25, -0.2) is 4.79 Å². The summed E-state index contributed by atoms with van der Waals surface area (Å²) in [6.07, 6.45) is 2.39. The second-order valence-corrected chi connectivity index (χ2v) is 3.20. The topological polar surface area (TPSA) is 55.8 Å². The van der Waals surface area contributed by atoms with E-state index in [-0.39, 0.29) is 12.2 Å². The summed E-state index contributed by atoms with van der Waals surface area (Å²) in [6.45, 7) is 1.39. The molecule has 0 bridgehead atoms. The van der Waals surface area contributed by atoms with Crippen molar-refractivity contribution in [2.75, 3.05) is 19.8 Å². The van der Waals surface area contributed by atoms with Crippen LogP contribution in [0.5, 0.6) is 0 Å². The molecule has 1 fully saturated rings. The maximum atomic E-state index is 10.5. The van der Waals surface area contributed by atoms with E-state index < -0.39 is 5.97 Å². The molecule has 1 spiro atoms. The van der Waals surface area contributed by atoms with Gasteiger partial charge < -0.3 is 14.6 Å². The first-order chi connectivity index (χ1) is 5.72. The van der Waals surface area contributed by atoms with Crippen LogP contribution in [0.3, 0.4) is 0 Å². The standard InChI is InChI=1S/C8H10O4/c9-7(10)6-1-2-8(12-3-6)4-11-5-8/h1H,2-5H2,(H,9,10). The lowest BCUT2D eigenvalue weighted by atomic mass is 9.93. The number of hydrogen-bond acceptors (Lipinski definition) is 3. The Labute approximate surface area is 69.8 Å². The molecule has 4 heteroatoms. The van der Waals surface area contributed by atoms with E-state index in [1.807, 2.05) is 0 Å². The lowest BCUT2D eigenvalue weighted by molar-refractivity contribution is -0.208. The molecule has 0 atom stereocenters. The van der Waals surface area contributed by atoms with E-state index in [0.29, 0.717) is 25.2 Å². The van der Waals surface area contributed by atoms with Crippen LogP contribution in [-0.2, 0) is 14.3 Å². The molecule has 0 unspecified atom stereocenters. The number of carboxylic acid groups (broad SMARTS) is 1. The smallest absolute Gasteiger partial charge is 0.333 e. The van der Waals surface area contributed by atoms with Gasteiger partial charge in [0.05, 0.1) is 25.4 Å². The Hall–Kier alpha value is -0.870. The molecular formula is C8H10O4. The first kappa shape index (κ1) is 7.76. The van der Waals surface area contributed by atoms with Gasteiger partial charge >= 0.3 is 5.97 Å². The van der Waals surface area contributed by atoms with Gasteiger partial charge in [0, 0.05) is 0 Å². The molecule has 0 aliphatic carbocycles. The molecule has 1 N–H and O–H groups in total. The molecule has 2 aliphatic rings. The van der Waals surface area contributed by atoms with E-state index in [9.17, 15) is 4.79 Å². The van der Waals surface area contributed by atoms with Crippen LogP contribution >= 0.6 is 0 Å². The van der Waals surface area contributed by atoms with Crippen molar-refractivity contribution >= 4 is 5.97 Å². The number of aliphatic carboxylic acids is 1. The van der Waals surface area contributed by atoms with Crippen LogP contribution in [0.2, 0.25) is 0 Å². The van der Waals surface area contributed by atoms with E-state index in [2.05, 4.69) is 0 Å². The maximum absolute atomic E-state index is 10.5. The highest BCUT2D eigenvalue weighted by Gasteiger charge is 2.41. The highest BCUT2D eigenvalue weighted by atomic mass is 16.6. The number of carbonyl (C=O) groups is 1. The zero-order chi connectivity index (χ0) is 8.60. The van der Waals surface area contributed by atoms with Gasteiger partial charge in [-0.05, 0) is 6.42 Å². The fourth-order valence-corrected chi connectivity index (χ4v) is 1.34. The molecule has 0 amide bonds. The largest absolute Gasteiger partial charge is 0.478 e. The minimum absolute atomic E-state index is 0.195. The molecular weight excluding hydrogens is 160 g/mol. The highest BCUT2D eigenvalue weighted by Crippen LogP contribution is 2.30. The molecule has 1 saturated heterocycles. The second kappa shape index (κ2) is 2.57. The fourth-order valence-electron chi connectivity index (χ4n) is 1.34. The van der Waals surface area contributed by atoms with Crippen molar-refractivity contribution in [2.24, 2.45) is 0 Å². The molecule has 2 heterocycles. The van der Waals surface area contributed by atoms with Gasteiger partial charge in [0.15, 0.2) is 0 Å². The maximum Gasteiger partial charge on any atom is 0.333 e. The summed E-state index contributed by atoms with van der Waals surface area (Å²) in [5, 5.41) is 8.62. The number of rotatable bonds is 1. The number of hydrogen-bond donors (Lipinski definition) is 1. The normalized spacial score (nSPS) is 26.2. The van der Waals surface area contributed by atoms with Crippen LogP contribution in [0.4, 0.5) is 0 Å². The summed E-state index contributed by atoms with van der Waals surface area (Å²) in [5.74, 6) is -0.884. The van der Waals surface area contributed by atoms with E-state index in [0.717, 1.165) is 0 Å². The molecule has 0 aromatic heterocycles. The minimum Gasteiger partial charge on any atom is -0.478 e. The monoisotopic (exact) mass is 170 g/mol. The summed E-state index contributed by atoms with van der Waals surface area (Å²) in [6, 6.07) is 0. The Morgan fingerprint density at radius 1 is 1.58 bits per heavy atom. The molecule has 4 nitrogen and oxygen atoms in total. The lowest BCUT2D eigenvalue weighted by Crippen LogP contribution is -2.53. The Morgan fingerprint density at radius 3 is 2.67 bits per heavy atom. The molecule has 66 valence electrons. The highest BCUT2D eigenvalue weighted by molar-refractivity contribution is 5.87. The zero-order valence-electron chi connectivity index (χ0n) is 6.58. The van der Waals surface area contributed by atoms with Crippen LogP contribution in [0.25, 0.3) is 0 Å². The van der Waals surface area contributed by atoms with Gasteiger partial charge in [-0.1, -0.05) is 6.08 Å². The third-order valence-electron chi connectivity index (χ3n) is 2.26. The average Bonchev–Trinajstić information content (AvgIpc) is 2.02. The molecule has 0 saturated carbocycles. The summed E-state index contributed by atoms with van der Waals surface area (Å²) in [5.41, 5.74) is 0.159.